The molecule has 1 aromatic carbocycles. The van der Waals surface area contributed by atoms with E-state index >= 15 is 0 Å². The Labute approximate surface area is 129 Å². The van der Waals surface area contributed by atoms with Crippen LogP contribution in [0.1, 0.15) is 30.9 Å². The highest BCUT2D eigenvalue weighted by Crippen LogP contribution is 2.29. The second-order valence-electron chi connectivity index (χ2n) is 5.62. The zero-order chi connectivity index (χ0) is 15.1. The van der Waals surface area contributed by atoms with Crippen LogP contribution in [0.4, 0.5) is 0 Å². The van der Waals surface area contributed by atoms with Crippen molar-refractivity contribution in [2.75, 3.05) is 6.54 Å². The SMILES string of the molecule is Cc1cc(S(=O)(=O)N2CC[C@H](N)C[C@H]2C)c(C)cc1Br. The lowest BCUT2D eigenvalue weighted by Gasteiger charge is -2.35. The molecule has 6 heteroatoms. The van der Waals surface area contributed by atoms with Gasteiger partial charge in [0.05, 0.1) is 4.90 Å². The highest BCUT2D eigenvalue weighted by Gasteiger charge is 2.34. The van der Waals surface area contributed by atoms with Gasteiger partial charge in [-0.05, 0) is 56.9 Å². The lowest BCUT2D eigenvalue weighted by Crippen LogP contribution is -2.48. The monoisotopic (exact) mass is 360 g/mol. The second-order valence-corrected chi connectivity index (χ2v) is 8.33. The van der Waals surface area contributed by atoms with Crippen molar-refractivity contribution in [3.63, 3.8) is 0 Å². The van der Waals surface area contributed by atoms with Crippen molar-refractivity contribution in [2.45, 2.75) is 50.6 Å². The summed E-state index contributed by atoms with van der Waals surface area (Å²) in [4.78, 5) is 0.403. The maximum Gasteiger partial charge on any atom is 0.243 e. The Morgan fingerprint density at radius 1 is 1.30 bits per heavy atom. The largest absolute Gasteiger partial charge is 0.328 e. The molecule has 0 aromatic heterocycles. The summed E-state index contributed by atoms with van der Waals surface area (Å²) >= 11 is 3.44. The Morgan fingerprint density at radius 2 is 1.95 bits per heavy atom. The normalized spacial score (nSPS) is 24.9. The van der Waals surface area contributed by atoms with Crippen molar-refractivity contribution in [1.29, 1.82) is 0 Å². The second kappa shape index (κ2) is 5.75. The quantitative estimate of drug-likeness (QED) is 0.881. The third-order valence-electron chi connectivity index (χ3n) is 3.90. The molecule has 1 aromatic rings. The van der Waals surface area contributed by atoms with Crippen LogP contribution in [0.15, 0.2) is 21.5 Å². The van der Waals surface area contributed by atoms with E-state index in [9.17, 15) is 8.42 Å². The molecule has 0 unspecified atom stereocenters. The molecule has 0 amide bonds. The predicted molar refractivity (Wildman–Crippen MR) is 84.2 cm³/mol. The standard InChI is InChI=1S/C14H21BrN2O2S/c1-9-7-14(10(2)6-13(9)15)20(18,19)17-5-4-12(16)8-11(17)3/h6-7,11-12H,4-5,8,16H2,1-3H3/t11-,12+/m1/s1. The molecule has 0 aliphatic carbocycles. The van der Waals surface area contributed by atoms with Crippen molar-refractivity contribution < 1.29 is 8.42 Å². The third kappa shape index (κ3) is 2.93. The first kappa shape index (κ1) is 15.9. The summed E-state index contributed by atoms with van der Waals surface area (Å²) in [5.41, 5.74) is 7.61. The molecule has 1 aliphatic heterocycles. The van der Waals surface area contributed by atoms with Crippen molar-refractivity contribution in [1.82, 2.24) is 4.31 Å². The highest BCUT2D eigenvalue weighted by molar-refractivity contribution is 9.10. The van der Waals surface area contributed by atoms with Crippen LogP contribution >= 0.6 is 15.9 Å². The van der Waals surface area contributed by atoms with Gasteiger partial charge >= 0.3 is 0 Å². The fraction of sp³-hybridized carbons (Fsp3) is 0.571. The first-order valence-electron chi connectivity index (χ1n) is 6.77. The molecular weight excluding hydrogens is 340 g/mol. The molecule has 0 bridgehead atoms. The Balaban J connectivity index is 2.43. The number of aryl methyl sites for hydroxylation is 2. The fourth-order valence-corrected chi connectivity index (χ4v) is 5.11. The summed E-state index contributed by atoms with van der Waals surface area (Å²) in [5.74, 6) is 0. The number of rotatable bonds is 2. The number of halogens is 1. The van der Waals surface area contributed by atoms with Crippen LogP contribution < -0.4 is 5.73 Å². The van der Waals surface area contributed by atoms with Crippen molar-refractivity contribution >= 4 is 26.0 Å². The van der Waals surface area contributed by atoms with Gasteiger partial charge in [-0.3, -0.25) is 0 Å². The van der Waals surface area contributed by atoms with E-state index in [4.69, 9.17) is 5.73 Å². The van der Waals surface area contributed by atoms with Crippen molar-refractivity contribution in [3.8, 4) is 0 Å². The predicted octanol–water partition coefficient (Wildman–Crippen LogP) is 2.57. The van der Waals surface area contributed by atoms with E-state index in [0.29, 0.717) is 17.9 Å². The van der Waals surface area contributed by atoms with Gasteiger partial charge in [-0.25, -0.2) is 8.42 Å². The van der Waals surface area contributed by atoms with Crippen LogP contribution in [0.2, 0.25) is 0 Å². The van der Waals surface area contributed by atoms with Gasteiger partial charge in [0, 0.05) is 23.1 Å². The van der Waals surface area contributed by atoms with Gasteiger partial charge in [0.25, 0.3) is 0 Å². The van der Waals surface area contributed by atoms with E-state index in [1.165, 1.54) is 0 Å². The average Bonchev–Trinajstić information content (AvgIpc) is 2.33. The summed E-state index contributed by atoms with van der Waals surface area (Å²) in [7, 11) is -3.45. The molecule has 1 saturated heterocycles. The molecule has 1 aliphatic rings. The third-order valence-corrected chi connectivity index (χ3v) is 6.91. The minimum Gasteiger partial charge on any atom is -0.328 e. The fourth-order valence-electron chi connectivity index (χ4n) is 2.70. The summed E-state index contributed by atoms with van der Waals surface area (Å²) in [6.45, 7) is 6.16. The Hall–Kier alpha value is -0.430. The van der Waals surface area contributed by atoms with Crippen LogP contribution in [0.5, 0.6) is 0 Å². The van der Waals surface area contributed by atoms with Crippen LogP contribution in [0.25, 0.3) is 0 Å². The number of benzene rings is 1. The maximum absolute atomic E-state index is 12.9. The van der Waals surface area contributed by atoms with Crippen molar-refractivity contribution in [2.24, 2.45) is 5.73 Å². The highest BCUT2D eigenvalue weighted by atomic mass is 79.9. The lowest BCUT2D eigenvalue weighted by molar-refractivity contribution is 0.247. The molecule has 1 fully saturated rings. The molecule has 4 nitrogen and oxygen atoms in total. The molecule has 20 heavy (non-hydrogen) atoms. The van der Waals surface area contributed by atoms with Gasteiger partial charge in [-0.2, -0.15) is 4.31 Å². The summed E-state index contributed by atoms with van der Waals surface area (Å²) in [5, 5.41) is 0. The Morgan fingerprint density at radius 3 is 2.55 bits per heavy atom. The lowest BCUT2D eigenvalue weighted by atomic mass is 10.0. The zero-order valence-electron chi connectivity index (χ0n) is 12.1. The minimum absolute atomic E-state index is 0.0490. The molecule has 0 spiro atoms. The van der Waals surface area contributed by atoms with Gasteiger partial charge in [0.15, 0.2) is 0 Å². The van der Waals surface area contributed by atoms with Gasteiger partial charge in [0.1, 0.15) is 0 Å². The molecule has 2 N–H and O–H groups in total. The van der Waals surface area contributed by atoms with E-state index in [-0.39, 0.29) is 12.1 Å². The first-order valence-corrected chi connectivity index (χ1v) is 9.01. The summed E-state index contributed by atoms with van der Waals surface area (Å²) in [6, 6.07) is 3.66. The molecule has 112 valence electrons. The molecular formula is C14H21BrN2O2S. The first-order chi connectivity index (χ1) is 9.23. The number of hydrogen-bond acceptors (Lipinski definition) is 3. The number of piperidine rings is 1. The molecule has 1 heterocycles. The van der Waals surface area contributed by atoms with Gasteiger partial charge in [-0.15, -0.1) is 0 Å². The van der Waals surface area contributed by atoms with Crippen LogP contribution in [0.3, 0.4) is 0 Å². The van der Waals surface area contributed by atoms with Crippen LogP contribution in [-0.4, -0.2) is 31.4 Å². The van der Waals surface area contributed by atoms with E-state index in [1.54, 1.807) is 10.4 Å². The number of nitrogens with zero attached hydrogens (tertiary/aromatic N) is 1. The van der Waals surface area contributed by atoms with Gasteiger partial charge in [0.2, 0.25) is 10.0 Å². The summed E-state index contributed by atoms with van der Waals surface area (Å²) in [6.07, 6.45) is 1.44. The van der Waals surface area contributed by atoms with E-state index in [1.807, 2.05) is 26.8 Å². The molecule has 0 radical (unpaired) electrons. The topological polar surface area (TPSA) is 63.4 Å². The van der Waals surface area contributed by atoms with E-state index in [0.717, 1.165) is 22.0 Å². The minimum atomic E-state index is -3.45. The Kier molecular flexibility index (Phi) is 4.59. The number of nitrogens with two attached hydrogens (primary N) is 1. The maximum atomic E-state index is 12.9. The number of hydrogen-bond donors (Lipinski definition) is 1. The van der Waals surface area contributed by atoms with Crippen molar-refractivity contribution in [3.05, 3.63) is 27.7 Å². The molecule has 0 saturated carbocycles. The average molecular weight is 361 g/mol. The van der Waals surface area contributed by atoms with E-state index < -0.39 is 10.0 Å². The van der Waals surface area contributed by atoms with Crippen LogP contribution in [-0.2, 0) is 10.0 Å². The molecule has 2 atom stereocenters. The van der Waals surface area contributed by atoms with Crippen LogP contribution in [0, 0.1) is 13.8 Å². The van der Waals surface area contributed by atoms with Gasteiger partial charge < -0.3 is 5.73 Å². The number of sulfonamides is 1. The Bertz CT molecular complexity index is 616. The van der Waals surface area contributed by atoms with Gasteiger partial charge in [-0.1, -0.05) is 15.9 Å². The zero-order valence-corrected chi connectivity index (χ0v) is 14.5. The summed E-state index contributed by atoms with van der Waals surface area (Å²) < 4.78 is 28.2. The van der Waals surface area contributed by atoms with E-state index in [2.05, 4.69) is 15.9 Å². The smallest absolute Gasteiger partial charge is 0.243 e. The molecule has 2 rings (SSSR count).